The first-order chi connectivity index (χ1) is 10.3. The van der Waals surface area contributed by atoms with E-state index >= 15 is 0 Å². The van der Waals surface area contributed by atoms with Crippen molar-refractivity contribution in [1.82, 2.24) is 20.0 Å². The fourth-order valence-electron chi connectivity index (χ4n) is 2.79. The number of hydrogen-bond acceptors (Lipinski definition) is 5. The zero-order valence-corrected chi connectivity index (χ0v) is 13.0. The number of tetrazole rings is 1. The monoisotopic (exact) mass is 358 g/mol. The third-order valence-electron chi connectivity index (χ3n) is 3.69. The summed E-state index contributed by atoms with van der Waals surface area (Å²) in [7, 11) is 0. The van der Waals surface area contributed by atoms with Crippen LogP contribution in [0.2, 0.25) is 0 Å². The maximum atomic E-state index is 6.02. The van der Waals surface area contributed by atoms with E-state index in [1.54, 1.807) is 15.9 Å². The predicted molar refractivity (Wildman–Crippen MR) is 83.6 cm³/mol. The number of nitrogens with zero attached hydrogens (tertiary/aromatic N) is 4. The molecule has 1 aliphatic heterocycles. The van der Waals surface area contributed by atoms with E-state index in [1.165, 1.54) is 0 Å². The SMILES string of the molecule is Brc1cccc2c3c(ccc12)-c1c(sc2nnnn12)CO3. The molecule has 5 rings (SSSR count). The minimum Gasteiger partial charge on any atom is -0.487 e. The average molecular weight is 359 g/mol. The summed E-state index contributed by atoms with van der Waals surface area (Å²) in [5.74, 6) is 0.900. The second kappa shape index (κ2) is 4.02. The van der Waals surface area contributed by atoms with Crippen LogP contribution in [-0.2, 0) is 6.61 Å². The number of halogens is 1. The lowest BCUT2D eigenvalue weighted by molar-refractivity contribution is 0.309. The molecule has 1 aliphatic rings. The summed E-state index contributed by atoms with van der Waals surface area (Å²) in [6, 6.07) is 10.3. The Balaban J connectivity index is 1.93. The lowest BCUT2D eigenvalue weighted by atomic mass is 10.0. The van der Waals surface area contributed by atoms with Crippen molar-refractivity contribution in [3.63, 3.8) is 0 Å². The van der Waals surface area contributed by atoms with Crippen LogP contribution in [0.15, 0.2) is 34.8 Å². The molecule has 0 radical (unpaired) electrons. The molecule has 0 amide bonds. The van der Waals surface area contributed by atoms with Gasteiger partial charge in [0.15, 0.2) is 0 Å². The molecule has 7 heteroatoms. The molecule has 102 valence electrons. The van der Waals surface area contributed by atoms with Crippen LogP contribution in [0.5, 0.6) is 5.75 Å². The fraction of sp³-hybridized carbons (Fsp3) is 0.0714. The molecule has 3 heterocycles. The quantitative estimate of drug-likeness (QED) is 0.481. The molecule has 0 saturated carbocycles. The van der Waals surface area contributed by atoms with Crippen LogP contribution in [0.4, 0.5) is 0 Å². The highest BCUT2D eigenvalue weighted by Crippen LogP contribution is 2.45. The van der Waals surface area contributed by atoms with E-state index < -0.39 is 0 Å². The van der Waals surface area contributed by atoms with Crippen molar-refractivity contribution in [2.75, 3.05) is 0 Å². The molecule has 21 heavy (non-hydrogen) atoms. The molecular formula is C14H7BrN4OS. The Morgan fingerprint density at radius 2 is 2.14 bits per heavy atom. The van der Waals surface area contributed by atoms with Crippen LogP contribution in [0.1, 0.15) is 4.88 Å². The second-order valence-corrected chi connectivity index (χ2v) is 6.73. The summed E-state index contributed by atoms with van der Waals surface area (Å²) in [4.78, 5) is 1.93. The lowest BCUT2D eigenvalue weighted by Gasteiger charge is -2.19. The van der Waals surface area contributed by atoms with Gasteiger partial charge in [-0.3, -0.25) is 0 Å². The summed E-state index contributed by atoms with van der Waals surface area (Å²) >= 11 is 5.16. The Kier molecular flexibility index (Phi) is 2.23. The molecular weight excluding hydrogens is 352 g/mol. The third kappa shape index (κ3) is 1.47. The van der Waals surface area contributed by atoms with Gasteiger partial charge in [-0.05, 0) is 27.9 Å². The van der Waals surface area contributed by atoms with Crippen molar-refractivity contribution < 1.29 is 4.74 Å². The first-order valence-corrected chi connectivity index (χ1v) is 7.98. The Morgan fingerprint density at radius 3 is 3.10 bits per heavy atom. The minimum atomic E-state index is 0.545. The van der Waals surface area contributed by atoms with Gasteiger partial charge in [0.1, 0.15) is 12.4 Å². The maximum absolute atomic E-state index is 6.02. The van der Waals surface area contributed by atoms with Crippen molar-refractivity contribution >= 4 is 43.0 Å². The van der Waals surface area contributed by atoms with Crippen LogP contribution >= 0.6 is 27.3 Å². The highest BCUT2D eigenvalue weighted by molar-refractivity contribution is 9.10. The molecule has 0 fully saturated rings. The Labute approximate surface area is 131 Å². The van der Waals surface area contributed by atoms with Crippen LogP contribution in [-0.4, -0.2) is 20.0 Å². The summed E-state index contributed by atoms with van der Waals surface area (Å²) in [5, 5.41) is 14.1. The van der Waals surface area contributed by atoms with Gasteiger partial charge in [0.2, 0.25) is 4.96 Å². The van der Waals surface area contributed by atoms with Gasteiger partial charge in [0.05, 0.1) is 10.6 Å². The molecule has 0 unspecified atom stereocenters. The molecule has 0 spiro atoms. The number of benzene rings is 2. The molecule has 5 nitrogen and oxygen atoms in total. The second-order valence-electron chi connectivity index (χ2n) is 4.81. The maximum Gasteiger partial charge on any atom is 0.235 e. The molecule has 2 aromatic heterocycles. The Hall–Kier alpha value is -1.99. The van der Waals surface area contributed by atoms with E-state index in [1.807, 2.05) is 12.1 Å². The lowest BCUT2D eigenvalue weighted by Crippen LogP contribution is -2.06. The van der Waals surface area contributed by atoms with E-state index in [4.69, 9.17) is 4.74 Å². The topological polar surface area (TPSA) is 52.3 Å². The molecule has 0 aliphatic carbocycles. The van der Waals surface area contributed by atoms with E-state index in [-0.39, 0.29) is 0 Å². The predicted octanol–water partition coefficient (Wildman–Crippen LogP) is 3.66. The summed E-state index contributed by atoms with van der Waals surface area (Å²) < 4.78 is 8.88. The fourth-order valence-corrected chi connectivity index (χ4v) is 4.21. The van der Waals surface area contributed by atoms with Crippen LogP contribution < -0.4 is 4.74 Å². The van der Waals surface area contributed by atoms with Crippen LogP contribution in [0, 0.1) is 0 Å². The van der Waals surface area contributed by atoms with Gasteiger partial charge in [-0.25, -0.2) is 0 Å². The van der Waals surface area contributed by atoms with Gasteiger partial charge in [0.25, 0.3) is 0 Å². The minimum absolute atomic E-state index is 0.545. The highest BCUT2D eigenvalue weighted by atomic mass is 79.9. The first kappa shape index (κ1) is 11.6. The largest absolute Gasteiger partial charge is 0.487 e. The van der Waals surface area contributed by atoms with E-state index in [0.29, 0.717) is 6.61 Å². The van der Waals surface area contributed by atoms with Gasteiger partial charge in [-0.2, -0.15) is 4.52 Å². The Morgan fingerprint density at radius 1 is 1.19 bits per heavy atom. The average Bonchev–Trinajstić information content (AvgIpc) is 3.07. The number of aromatic nitrogens is 4. The number of fused-ring (bicyclic) bond motifs is 7. The molecule has 0 bridgehead atoms. The van der Waals surface area contributed by atoms with Crippen LogP contribution in [0.25, 0.3) is 27.0 Å². The first-order valence-electron chi connectivity index (χ1n) is 6.37. The molecule has 4 aromatic rings. The summed E-state index contributed by atoms with van der Waals surface area (Å²) in [6.45, 7) is 0.545. The van der Waals surface area contributed by atoms with Gasteiger partial charge in [-0.1, -0.05) is 50.6 Å². The van der Waals surface area contributed by atoms with Gasteiger partial charge >= 0.3 is 0 Å². The van der Waals surface area contributed by atoms with Crippen molar-refractivity contribution in [1.29, 1.82) is 0 Å². The van der Waals surface area contributed by atoms with Crippen molar-refractivity contribution in [2.45, 2.75) is 6.61 Å². The molecule has 0 N–H and O–H groups in total. The number of rotatable bonds is 0. The summed E-state index contributed by atoms with van der Waals surface area (Å²) in [6.07, 6.45) is 0. The number of thiazole rings is 1. The molecule has 2 aromatic carbocycles. The van der Waals surface area contributed by atoms with Crippen molar-refractivity contribution in [3.8, 4) is 17.0 Å². The third-order valence-corrected chi connectivity index (χ3v) is 5.38. The smallest absolute Gasteiger partial charge is 0.235 e. The van der Waals surface area contributed by atoms with Gasteiger partial charge in [0, 0.05) is 15.4 Å². The number of hydrogen-bond donors (Lipinski definition) is 0. The molecule has 0 atom stereocenters. The van der Waals surface area contributed by atoms with E-state index in [9.17, 15) is 0 Å². The Bertz CT molecular complexity index is 1020. The molecule has 0 saturated heterocycles. The van der Waals surface area contributed by atoms with Crippen LogP contribution in [0.3, 0.4) is 0 Å². The zero-order valence-electron chi connectivity index (χ0n) is 10.6. The zero-order chi connectivity index (χ0) is 14.0. The van der Waals surface area contributed by atoms with Gasteiger partial charge < -0.3 is 4.74 Å². The van der Waals surface area contributed by atoms with E-state index in [2.05, 4.69) is 49.7 Å². The highest BCUT2D eigenvalue weighted by Gasteiger charge is 2.26. The van der Waals surface area contributed by atoms with E-state index in [0.717, 1.165) is 42.1 Å². The standard InChI is InChI=1S/C14H7BrN4OS/c15-10-3-1-2-8-7(10)4-5-9-12-11(6-20-13(8)9)21-14-16-17-18-19(12)14/h1-5H,6H2. The summed E-state index contributed by atoms with van der Waals surface area (Å²) in [5.41, 5.74) is 2.09. The van der Waals surface area contributed by atoms with Gasteiger partial charge in [-0.15, -0.1) is 0 Å². The van der Waals surface area contributed by atoms with Crippen molar-refractivity contribution in [3.05, 3.63) is 39.7 Å². The van der Waals surface area contributed by atoms with Crippen molar-refractivity contribution in [2.24, 2.45) is 0 Å². The number of ether oxygens (including phenoxy) is 1. The normalized spacial score (nSPS) is 13.2.